The van der Waals surface area contributed by atoms with Gasteiger partial charge in [-0.15, -0.1) is 6.58 Å². The molecule has 0 spiro atoms. The van der Waals surface area contributed by atoms with Crippen molar-refractivity contribution in [3.63, 3.8) is 0 Å². The van der Waals surface area contributed by atoms with Crippen molar-refractivity contribution < 1.29 is 5.11 Å². The molecule has 0 bridgehead atoms. The molecule has 2 atom stereocenters. The van der Waals surface area contributed by atoms with Gasteiger partial charge in [0.15, 0.2) is 0 Å². The summed E-state index contributed by atoms with van der Waals surface area (Å²) in [5, 5.41) is 10.2. The topological polar surface area (TPSA) is 20.2 Å². The van der Waals surface area contributed by atoms with Crippen molar-refractivity contribution in [3.8, 4) is 0 Å². The molecule has 0 aromatic heterocycles. The van der Waals surface area contributed by atoms with Crippen molar-refractivity contribution in [2.45, 2.75) is 57.5 Å². The molecule has 0 aromatic rings. The average molecular weight is 182 g/mol. The van der Waals surface area contributed by atoms with Crippen LogP contribution in [0.15, 0.2) is 12.7 Å². The summed E-state index contributed by atoms with van der Waals surface area (Å²) in [6.07, 6.45) is 9.51. The minimum atomic E-state index is -0.425. The highest BCUT2D eigenvalue weighted by molar-refractivity contribution is 4.89. The van der Waals surface area contributed by atoms with Crippen LogP contribution in [0.3, 0.4) is 0 Å². The van der Waals surface area contributed by atoms with Gasteiger partial charge in [0.05, 0.1) is 5.60 Å². The van der Waals surface area contributed by atoms with Crippen LogP contribution in [-0.4, -0.2) is 10.7 Å². The van der Waals surface area contributed by atoms with E-state index in [1.807, 2.05) is 6.08 Å². The smallest absolute Gasteiger partial charge is 0.0682 e. The van der Waals surface area contributed by atoms with Crippen molar-refractivity contribution in [1.82, 2.24) is 0 Å². The third-order valence-electron chi connectivity index (χ3n) is 3.37. The Morgan fingerprint density at radius 3 is 2.85 bits per heavy atom. The van der Waals surface area contributed by atoms with E-state index < -0.39 is 5.60 Å². The maximum Gasteiger partial charge on any atom is 0.0682 e. The molecule has 1 saturated carbocycles. The molecule has 1 aliphatic carbocycles. The van der Waals surface area contributed by atoms with Gasteiger partial charge in [0.1, 0.15) is 0 Å². The van der Waals surface area contributed by atoms with Gasteiger partial charge in [-0.3, -0.25) is 0 Å². The molecule has 0 radical (unpaired) electrons. The van der Waals surface area contributed by atoms with Gasteiger partial charge in [-0.2, -0.15) is 0 Å². The average Bonchev–Trinajstić information content (AvgIpc) is 2.28. The number of aliphatic hydroxyl groups is 1. The third kappa shape index (κ3) is 3.15. The van der Waals surface area contributed by atoms with Gasteiger partial charge in [0, 0.05) is 0 Å². The Labute approximate surface area is 81.9 Å². The van der Waals surface area contributed by atoms with Gasteiger partial charge in [-0.25, -0.2) is 0 Å². The summed E-state index contributed by atoms with van der Waals surface area (Å²) in [5.74, 6) is 0.846. The van der Waals surface area contributed by atoms with E-state index in [4.69, 9.17) is 0 Å². The Morgan fingerprint density at radius 1 is 1.46 bits per heavy atom. The maximum atomic E-state index is 10.2. The van der Waals surface area contributed by atoms with E-state index in [1.54, 1.807) is 0 Å². The molecule has 1 aliphatic rings. The predicted octanol–water partition coefficient (Wildman–Crippen LogP) is 3.28. The first-order chi connectivity index (χ1) is 6.20. The molecule has 0 amide bonds. The van der Waals surface area contributed by atoms with Crippen LogP contribution in [0, 0.1) is 5.92 Å². The highest BCUT2D eigenvalue weighted by Crippen LogP contribution is 2.33. The van der Waals surface area contributed by atoms with E-state index >= 15 is 0 Å². The zero-order chi connectivity index (χ0) is 9.73. The summed E-state index contributed by atoms with van der Waals surface area (Å²) >= 11 is 0. The molecule has 1 heteroatoms. The first kappa shape index (κ1) is 10.8. The van der Waals surface area contributed by atoms with Crippen LogP contribution in [0.1, 0.15) is 51.9 Å². The summed E-state index contributed by atoms with van der Waals surface area (Å²) in [4.78, 5) is 0. The number of hydrogen-bond donors (Lipinski definition) is 1. The molecule has 1 nitrogen and oxygen atoms in total. The summed E-state index contributed by atoms with van der Waals surface area (Å²) < 4.78 is 0. The first-order valence-electron chi connectivity index (χ1n) is 5.53. The molecular formula is C12H22O. The molecular weight excluding hydrogens is 160 g/mol. The number of hydrogen-bond acceptors (Lipinski definition) is 1. The molecule has 1 rings (SSSR count). The normalized spacial score (nSPS) is 35.4. The van der Waals surface area contributed by atoms with E-state index in [1.165, 1.54) is 25.7 Å². The second kappa shape index (κ2) is 4.80. The Morgan fingerprint density at radius 2 is 2.23 bits per heavy atom. The number of rotatable bonds is 3. The molecule has 13 heavy (non-hydrogen) atoms. The summed E-state index contributed by atoms with van der Waals surface area (Å²) in [6.45, 7) is 5.96. The van der Waals surface area contributed by atoms with Gasteiger partial charge in [-0.05, 0) is 31.6 Å². The Hall–Kier alpha value is -0.300. The predicted molar refractivity (Wildman–Crippen MR) is 56.6 cm³/mol. The van der Waals surface area contributed by atoms with Crippen LogP contribution >= 0.6 is 0 Å². The zero-order valence-electron chi connectivity index (χ0n) is 8.76. The Balaban J connectivity index is 2.47. The standard InChI is InChI=1S/C12H22O/c1-3-8-12(13)9-5-6-11(4-2)7-10-12/h3,11,13H,1,4-10H2,2H3. The minimum absolute atomic E-state index is 0.425. The lowest BCUT2D eigenvalue weighted by atomic mass is 9.90. The highest BCUT2D eigenvalue weighted by Gasteiger charge is 2.28. The lowest BCUT2D eigenvalue weighted by molar-refractivity contribution is 0.0269. The largest absolute Gasteiger partial charge is 0.390 e. The quantitative estimate of drug-likeness (QED) is 0.524. The van der Waals surface area contributed by atoms with Gasteiger partial charge in [-0.1, -0.05) is 32.3 Å². The SMILES string of the molecule is C=CCC1(O)CCCC(CC)CC1. The molecule has 0 aromatic carbocycles. The fourth-order valence-corrected chi connectivity index (χ4v) is 2.34. The monoisotopic (exact) mass is 182 g/mol. The van der Waals surface area contributed by atoms with Crippen LogP contribution in [0.4, 0.5) is 0 Å². The fraction of sp³-hybridized carbons (Fsp3) is 0.833. The van der Waals surface area contributed by atoms with Gasteiger partial charge >= 0.3 is 0 Å². The van der Waals surface area contributed by atoms with E-state index in [0.717, 1.165) is 25.2 Å². The second-order valence-electron chi connectivity index (χ2n) is 4.42. The molecule has 2 unspecified atom stereocenters. The fourth-order valence-electron chi connectivity index (χ4n) is 2.34. The third-order valence-corrected chi connectivity index (χ3v) is 3.37. The maximum absolute atomic E-state index is 10.2. The van der Waals surface area contributed by atoms with Crippen LogP contribution < -0.4 is 0 Å². The second-order valence-corrected chi connectivity index (χ2v) is 4.42. The van der Waals surface area contributed by atoms with Crippen molar-refractivity contribution in [1.29, 1.82) is 0 Å². The van der Waals surface area contributed by atoms with Crippen molar-refractivity contribution in [2.24, 2.45) is 5.92 Å². The van der Waals surface area contributed by atoms with Gasteiger partial charge in [0.25, 0.3) is 0 Å². The van der Waals surface area contributed by atoms with Crippen LogP contribution in [0.2, 0.25) is 0 Å². The zero-order valence-corrected chi connectivity index (χ0v) is 8.76. The van der Waals surface area contributed by atoms with E-state index in [2.05, 4.69) is 13.5 Å². The molecule has 0 heterocycles. The Kier molecular flexibility index (Phi) is 3.98. The highest BCUT2D eigenvalue weighted by atomic mass is 16.3. The van der Waals surface area contributed by atoms with Crippen LogP contribution in [0.5, 0.6) is 0 Å². The molecule has 0 saturated heterocycles. The summed E-state index contributed by atoms with van der Waals surface area (Å²) in [6, 6.07) is 0. The molecule has 1 N–H and O–H groups in total. The lowest BCUT2D eigenvalue weighted by Gasteiger charge is -2.24. The van der Waals surface area contributed by atoms with Gasteiger partial charge in [0.2, 0.25) is 0 Å². The summed E-state index contributed by atoms with van der Waals surface area (Å²) in [7, 11) is 0. The molecule has 0 aliphatic heterocycles. The van der Waals surface area contributed by atoms with Crippen LogP contribution in [0.25, 0.3) is 0 Å². The van der Waals surface area contributed by atoms with Gasteiger partial charge < -0.3 is 5.11 Å². The van der Waals surface area contributed by atoms with Crippen LogP contribution in [-0.2, 0) is 0 Å². The molecule has 76 valence electrons. The van der Waals surface area contributed by atoms with E-state index in [9.17, 15) is 5.11 Å². The molecule has 1 fully saturated rings. The van der Waals surface area contributed by atoms with Crippen molar-refractivity contribution in [2.75, 3.05) is 0 Å². The Bertz CT molecular complexity index is 165. The first-order valence-corrected chi connectivity index (χ1v) is 5.53. The minimum Gasteiger partial charge on any atom is -0.390 e. The van der Waals surface area contributed by atoms with E-state index in [0.29, 0.717) is 0 Å². The van der Waals surface area contributed by atoms with E-state index in [-0.39, 0.29) is 0 Å². The van der Waals surface area contributed by atoms with Crippen molar-refractivity contribution in [3.05, 3.63) is 12.7 Å². The van der Waals surface area contributed by atoms with Crippen molar-refractivity contribution >= 4 is 0 Å². The lowest BCUT2D eigenvalue weighted by Crippen LogP contribution is -2.26. The summed E-state index contributed by atoms with van der Waals surface area (Å²) in [5.41, 5.74) is -0.425.